The first-order valence-corrected chi connectivity index (χ1v) is 5.72. The minimum absolute atomic E-state index is 0.368. The third-order valence-corrected chi connectivity index (χ3v) is 2.71. The molecule has 1 atom stereocenters. The Bertz CT molecular complexity index is 395. The van der Waals surface area contributed by atoms with E-state index in [-0.39, 0.29) is 5.92 Å². The molecule has 0 fully saturated rings. The summed E-state index contributed by atoms with van der Waals surface area (Å²) in [6, 6.07) is 5.27. The van der Waals surface area contributed by atoms with Crippen molar-refractivity contribution >= 4 is 23.3 Å². The highest BCUT2D eigenvalue weighted by Gasteiger charge is 2.10. The van der Waals surface area contributed by atoms with Crippen molar-refractivity contribution in [3.63, 3.8) is 0 Å². The lowest BCUT2D eigenvalue weighted by molar-refractivity contribution is -0.141. The van der Waals surface area contributed by atoms with Crippen molar-refractivity contribution in [2.24, 2.45) is 5.92 Å². The number of methoxy groups -OCH3 is 1. The first-order valence-electron chi connectivity index (χ1n) is 5.34. The van der Waals surface area contributed by atoms with Gasteiger partial charge in [0, 0.05) is 11.6 Å². The molecule has 4 nitrogen and oxygen atoms in total. The average molecular weight is 258 g/mol. The van der Waals surface area contributed by atoms with Gasteiger partial charge in [-0.3, -0.25) is 4.79 Å². The molecule has 1 aromatic carbocycles. The number of carboxylic acids is 1. The highest BCUT2D eigenvalue weighted by molar-refractivity contribution is 6.30. The van der Waals surface area contributed by atoms with Gasteiger partial charge in [-0.2, -0.15) is 0 Å². The molecule has 0 saturated heterocycles. The minimum Gasteiger partial charge on any atom is -0.495 e. The first-order chi connectivity index (χ1) is 8.04. The third-order valence-electron chi connectivity index (χ3n) is 2.48. The standard InChI is InChI=1S/C12H16ClNO3/c1-8(12(15)16)5-6-14-10-7-9(13)3-4-11(10)17-2/h3-4,7-8,14H,5-6H2,1-2H3,(H,15,16). The summed E-state index contributed by atoms with van der Waals surface area (Å²) in [6.45, 7) is 2.24. The Kier molecular flexibility index (Phi) is 5.10. The molecule has 94 valence electrons. The van der Waals surface area contributed by atoms with E-state index in [2.05, 4.69) is 5.32 Å². The van der Waals surface area contributed by atoms with Gasteiger partial charge in [0.25, 0.3) is 0 Å². The van der Waals surface area contributed by atoms with Crippen molar-refractivity contribution in [3.05, 3.63) is 23.2 Å². The molecule has 0 amide bonds. The van der Waals surface area contributed by atoms with Crippen LogP contribution in [0.5, 0.6) is 5.75 Å². The molecule has 1 unspecified atom stereocenters. The van der Waals surface area contributed by atoms with Gasteiger partial charge < -0.3 is 15.2 Å². The Balaban J connectivity index is 2.56. The molecule has 0 aliphatic heterocycles. The monoisotopic (exact) mass is 257 g/mol. The number of rotatable bonds is 6. The molecule has 0 aliphatic carbocycles. The Hall–Kier alpha value is -1.42. The zero-order valence-corrected chi connectivity index (χ0v) is 10.6. The molecule has 1 aromatic rings. The molecule has 0 aliphatic rings. The number of halogens is 1. The second-order valence-corrected chi connectivity index (χ2v) is 4.24. The highest BCUT2D eigenvalue weighted by atomic mass is 35.5. The van der Waals surface area contributed by atoms with E-state index >= 15 is 0 Å². The fourth-order valence-electron chi connectivity index (χ4n) is 1.37. The number of benzene rings is 1. The lowest BCUT2D eigenvalue weighted by Crippen LogP contribution is -2.14. The van der Waals surface area contributed by atoms with Crippen LogP contribution in [0.1, 0.15) is 13.3 Å². The maximum Gasteiger partial charge on any atom is 0.306 e. The largest absolute Gasteiger partial charge is 0.495 e. The molecular formula is C12H16ClNO3. The lowest BCUT2D eigenvalue weighted by atomic mass is 10.1. The van der Waals surface area contributed by atoms with Gasteiger partial charge in [-0.15, -0.1) is 0 Å². The maximum absolute atomic E-state index is 10.6. The number of carboxylic acid groups (broad SMARTS) is 1. The summed E-state index contributed by atoms with van der Waals surface area (Å²) >= 11 is 5.88. The van der Waals surface area contributed by atoms with E-state index in [1.165, 1.54) is 0 Å². The molecule has 5 heteroatoms. The second kappa shape index (κ2) is 6.35. The van der Waals surface area contributed by atoms with Crippen LogP contribution in [-0.2, 0) is 4.79 Å². The Labute approximate surface area is 106 Å². The summed E-state index contributed by atoms with van der Waals surface area (Å²) in [6.07, 6.45) is 0.547. The number of anilines is 1. The van der Waals surface area contributed by atoms with Gasteiger partial charge in [0.2, 0.25) is 0 Å². The van der Waals surface area contributed by atoms with Crippen LogP contribution >= 0.6 is 11.6 Å². The van der Waals surface area contributed by atoms with E-state index in [9.17, 15) is 4.79 Å². The summed E-state index contributed by atoms with van der Waals surface area (Å²) in [4.78, 5) is 10.6. The Morgan fingerprint density at radius 3 is 2.88 bits per heavy atom. The molecule has 2 N–H and O–H groups in total. The number of carbonyl (C=O) groups is 1. The van der Waals surface area contributed by atoms with E-state index < -0.39 is 5.97 Å². The molecule has 0 bridgehead atoms. The fraction of sp³-hybridized carbons (Fsp3) is 0.417. The van der Waals surface area contributed by atoms with Crippen molar-refractivity contribution in [1.82, 2.24) is 0 Å². The smallest absolute Gasteiger partial charge is 0.306 e. The van der Waals surface area contributed by atoms with Gasteiger partial charge in [-0.25, -0.2) is 0 Å². The van der Waals surface area contributed by atoms with Gasteiger partial charge in [-0.1, -0.05) is 18.5 Å². The Morgan fingerprint density at radius 1 is 1.59 bits per heavy atom. The summed E-state index contributed by atoms with van der Waals surface area (Å²) < 4.78 is 5.17. The summed E-state index contributed by atoms with van der Waals surface area (Å²) in [5.41, 5.74) is 0.776. The molecule has 0 saturated carbocycles. The molecule has 0 heterocycles. The van der Waals surface area contributed by atoms with Crippen LogP contribution < -0.4 is 10.1 Å². The van der Waals surface area contributed by atoms with Crippen LogP contribution in [0, 0.1) is 5.92 Å². The maximum atomic E-state index is 10.6. The number of hydrogen-bond donors (Lipinski definition) is 2. The van der Waals surface area contributed by atoms with Gasteiger partial charge >= 0.3 is 5.97 Å². The van der Waals surface area contributed by atoms with Crippen LogP contribution in [0.25, 0.3) is 0 Å². The Morgan fingerprint density at radius 2 is 2.29 bits per heavy atom. The quantitative estimate of drug-likeness (QED) is 0.823. The fourth-order valence-corrected chi connectivity index (χ4v) is 1.54. The number of nitrogens with one attached hydrogen (secondary N) is 1. The highest BCUT2D eigenvalue weighted by Crippen LogP contribution is 2.27. The van der Waals surface area contributed by atoms with E-state index in [0.717, 1.165) is 5.69 Å². The molecular weight excluding hydrogens is 242 g/mol. The normalized spacial score (nSPS) is 11.9. The zero-order valence-electron chi connectivity index (χ0n) is 9.87. The third kappa shape index (κ3) is 4.15. The summed E-state index contributed by atoms with van der Waals surface area (Å²) in [5.74, 6) is -0.463. The van der Waals surface area contributed by atoms with Crippen LogP contribution in [0.15, 0.2) is 18.2 Å². The van der Waals surface area contributed by atoms with E-state index in [4.69, 9.17) is 21.4 Å². The van der Waals surface area contributed by atoms with E-state index in [0.29, 0.717) is 23.7 Å². The summed E-state index contributed by atoms with van der Waals surface area (Å²) in [5, 5.41) is 12.5. The average Bonchev–Trinajstić information content (AvgIpc) is 2.29. The predicted octanol–water partition coefficient (Wildman–Crippen LogP) is 2.87. The van der Waals surface area contributed by atoms with E-state index in [1.807, 2.05) is 0 Å². The topological polar surface area (TPSA) is 58.6 Å². The first kappa shape index (κ1) is 13.6. The second-order valence-electron chi connectivity index (χ2n) is 3.80. The van der Waals surface area contributed by atoms with Gasteiger partial charge in [-0.05, 0) is 24.6 Å². The zero-order chi connectivity index (χ0) is 12.8. The lowest BCUT2D eigenvalue weighted by Gasteiger charge is -2.12. The summed E-state index contributed by atoms with van der Waals surface area (Å²) in [7, 11) is 1.58. The van der Waals surface area contributed by atoms with Crippen molar-refractivity contribution in [2.75, 3.05) is 19.0 Å². The number of aliphatic carboxylic acids is 1. The van der Waals surface area contributed by atoms with Crippen molar-refractivity contribution in [1.29, 1.82) is 0 Å². The van der Waals surface area contributed by atoms with Gasteiger partial charge in [0.15, 0.2) is 0 Å². The van der Waals surface area contributed by atoms with E-state index in [1.54, 1.807) is 32.2 Å². The van der Waals surface area contributed by atoms with Gasteiger partial charge in [0.1, 0.15) is 5.75 Å². The van der Waals surface area contributed by atoms with Crippen molar-refractivity contribution in [2.45, 2.75) is 13.3 Å². The van der Waals surface area contributed by atoms with Crippen molar-refractivity contribution in [3.8, 4) is 5.75 Å². The van der Waals surface area contributed by atoms with Crippen LogP contribution in [0.4, 0.5) is 5.69 Å². The minimum atomic E-state index is -0.787. The van der Waals surface area contributed by atoms with Crippen molar-refractivity contribution < 1.29 is 14.6 Å². The number of ether oxygens (including phenoxy) is 1. The SMILES string of the molecule is COc1ccc(Cl)cc1NCCC(C)C(=O)O. The predicted molar refractivity (Wildman–Crippen MR) is 67.9 cm³/mol. The molecule has 1 rings (SSSR count). The van der Waals surface area contributed by atoms with Crippen LogP contribution in [0.3, 0.4) is 0 Å². The number of hydrogen-bond acceptors (Lipinski definition) is 3. The molecule has 0 radical (unpaired) electrons. The van der Waals surface area contributed by atoms with Gasteiger partial charge in [0.05, 0.1) is 18.7 Å². The van der Waals surface area contributed by atoms with Crippen LogP contribution in [-0.4, -0.2) is 24.7 Å². The molecule has 0 aromatic heterocycles. The van der Waals surface area contributed by atoms with Crippen LogP contribution in [0.2, 0.25) is 5.02 Å². The molecule has 17 heavy (non-hydrogen) atoms. The molecule has 0 spiro atoms.